The van der Waals surface area contributed by atoms with Gasteiger partial charge in [-0.05, 0) is 48.5 Å². The van der Waals surface area contributed by atoms with Gasteiger partial charge in [-0.3, -0.25) is 0 Å². The predicted molar refractivity (Wildman–Crippen MR) is 110 cm³/mol. The Hall–Kier alpha value is -1.45. The Morgan fingerprint density at radius 2 is 1.48 bits per heavy atom. The van der Waals surface area contributed by atoms with Gasteiger partial charge in [-0.2, -0.15) is 8.67 Å². The van der Waals surface area contributed by atoms with E-state index in [1.807, 2.05) is 0 Å². The van der Waals surface area contributed by atoms with Crippen LogP contribution >= 0.6 is 23.2 Å². The molecule has 0 unspecified atom stereocenters. The van der Waals surface area contributed by atoms with Gasteiger partial charge in [-0.15, -0.1) is 0 Å². The summed E-state index contributed by atoms with van der Waals surface area (Å²) in [5, 5.41) is 3.76. The molecule has 1 aliphatic rings. The Bertz CT molecular complexity index is 952. The average Bonchev–Trinajstić information content (AvgIpc) is 2.64. The summed E-state index contributed by atoms with van der Waals surface area (Å²) >= 11 is 11.6. The maximum absolute atomic E-state index is 12.7. The Morgan fingerprint density at radius 1 is 0.963 bits per heavy atom. The first-order chi connectivity index (χ1) is 12.8. The van der Waals surface area contributed by atoms with E-state index < -0.39 is 26.7 Å². The first kappa shape index (κ1) is 20.3. The molecule has 1 aliphatic heterocycles. The Kier molecular flexibility index (Phi) is 6.54. The zero-order valence-corrected chi connectivity index (χ0v) is 17.3. The zero-order chi connectivity index (χ0) is 19.4. The molecule has 144 valence electrons. The van der Waals surface area contributed by atoms with Crippen LogP contribution in [0.5, 0.6) is 0 Å². The molecule has 1 fully saturated rings. The molecule has 6 nitrogen and oxygen atoms in total. The van der Waals surface area contributed by atoms with Gasteiger partial charge in [0, 0.05) is 40.3 Å². The van der Waals surface area contributed by atoms with E-state index in [9.17, 15) is 13.2 Å². The summed E-state index contributed by atoms with van der Waals surface area (Å²) in [7, 11) is -4.07. The van der Waals surface area contributed by atoms with Crippen LogP contribution in [-0.2, 0) is 20.7 Å². The standard InChI is InChI=1S/C17H17Cl2N3O3S2/c18-13-1-5-15(6-2-13)20-17(23)21-26-11-9-22(10-12-26)27(24,25)16-7-3-14(19)4-8-16/h1-8H,9-12H2,(H,20,23). The number of hydrogen-bond donors (Lipinski definition) is 1. The number of carbonyl (C=O) groups is 1. The predicted octanol–water partition coefficient (Wildman–Crippen LogP) is 4.03. The number of rotatable bonds is 3. The second kappa shape index (κ2) is 8.70. The van der Waals surface area contributed by atoms with E-state index in [1.165, 1.54) is 16.4 Å². The van der Waals surface area contributed by atoms with E-state index in [0.717, 1.165) is 0 Å². The number of nitrogens with zero attached hydrogens (tertiary/aromatic N) is 2. The lowest BCUT2D eigenvalue weighted by Crippen LogP contribution is -2.41. The summed E-state index contributed by atoms with van der Waals surface area (Å²) in [5.41, 5.74) is 0.612. The van der Waals surface area contributed by atoms with Gasteiger partial charge in [0.2, 0.25) is 10.0 Å². The van der Waals surface area contributed by atoms with Crippen LogP contribution in [0.15, 0.2) is 57.8 Å². The van der Waals surface area contributed by atoms with Crippen molar-refractivity contribution in [3.8, 4) is 0 Å². The Labute approximate surface area is 170 Å². The topological polar surface area (TPSA) is 78.8 Å². The van der Waals surface area contributed by atoms with Gasteiger partial charge < -0.3 is 5.32 Å². The second-order valence-corrected chi connectivity index (χ2v) is 10.5. The van der Waals surface area contributed by atoms with Crippen LogP contribution in [0.4, 0.5) is 10.5 Å². The highest BCUT2D eigenvalue weighted by molar-refractivity contribution is 7.90. The van der Waals surface area contributed by atoms with E-state index in [0.29, 0.717) is 40.3 Å². The van der Waals surface area contributed by atoms with Crippen molar-refractivity contribution in [1.82, 2.24) is 4.31 Å². The molecule has 0 saturated carbocycles. The summed E-state index contributed by atoms with van der Waals surface area (Å²) in [5.74, 6) is 1.03. The molecule has 0 aromatic heterocycles. The number of amides is 2. The smallest absolute Gasteiger partial charge is 0.306 e. The van der Waals surface area contributed by atoms with Crippen molar-refractivity contribution < 1.29 is 13.2 Å². The highest BCUT2D eigenvalue weighted by Crippen LogP contribution is 2.20. The second-order valence-electron chi connectivity index (χ2n) is 5.76. The summed E-state index contributed by atoms with van der Waals surface area (Å²) in [4.78, 5) is 12.3. The molecular weight excluding hydrogens is 429 g/mol. The minimum absolute atomic E-state index is 0.214. The van der Waals surface area contributed by atoms with E-state index in [4.69, 9.17) is 23.2 Å². The van der Waals surface area contributed by atoms with Crippen molar-refractivity contribution in [3.63, 3.8) is 0 Å². The first-order valence-electron chi connectivity index (χ1n) is 8.06. The first-order valence-corrected chi connectivity index (χ1v) is 11.8. The SMILES string of the molecule is O=C(N=S1CCN(S(=O)(=O)c2ccc(Cl)cc2)CC1)Nc1ccc(Cl)cc1. The molecule has 27 heavy (non-hydrogen) atoms. The van der Waals surface area contributed by atoms with Crippen molar-refractivity contribution in [1.29, 1.82) is 0 Å². The maximum Gasteiger partial charge on any atom is 0.351 e. The number of sulfonamides is 1. The van der Waals surface area contributed by atoms with Crippen molar-refractivity contribution >= 4 is 55.6 Å². The quantitative estimate of drug-likeness (QED) is 0.773. The van der Waals surface area contributed by atoms with Crippen molar-refractivity contribution in [2.45, 2.75) is 4.90 Å². The van der Waals surface area contributed by atoms with Gasteiger partial charge in [0.05, 0.1) is 4.90 Å². The third kappa shape index (κ3) is 5.30. The van der Waals surface area contributed by atoms with E-state index in [1.54, 1.807) is 36.4 Å². The lowest BCUT2D eigenvalue weighted by Gasteiger charge is -2.27. The van der Waals surface area contributed by atoms with E-state index in [-0.39, 0.29) is 4.90 Å². The van der Waals surface area contributed by atoms with Crippen molar-refractivity contribution in [2.24, 2.45) is 4.36 Å². The molecule has 10 heteroatoms. The normalized spacial score (nSPS) is 16.1. The number of urea groups is 1. The molecule has 1 saturated heterocycles. The van der Waals surface area contributed by atoms with Crippen LogP contribution < -0.4 is 5.32 Å². The molecule has 0 radical (unpaired) electrons. The fourth-order valence-electron chi connectivity index (χ4n) is 2.51. The molecule has 0 aliphatic carbocycles. The molecule has 0 atom stereocenters. The molecule has 0 spiro atoms. The maximum atomic E-state index is 12.7. The molecule has 3 rings (SSSR count). The number of nitrogens with one attached hydrogen (secondary N) is 1. The molecule has 2 aromatic rings. The molecule has 1 heterocycles. The third-order valence-electron chi connectivity index (χ3n) is 3.91. The lowest BCUT2D eigenvalue weighted by molar-refractivity contribution is 0.260. The summed E-state index contributed by atoms with van der Waals surface area (Å²) in [6, 6.07) is 12.4. The lowest BCUT2D eigenvalue weighted by atomic mass is 10.3. The van der Waals surface area contributed by atoms with E-state index in [2.05, 4.69) is 9.68 Å². The highest BCUT2D eigenvalue weighted by Gasteiger charge is 2.27. The van der Waals surface area contributed by atoms with Crippen LogP contribution in [0.25, 0.3) is 0 Å². The van der Waals surface area contributed by atoms with Crippen LogP contribution in [-0.4, -0.2) is 43.3 Å². The van der Waals surface area contributed by atoms with Crippen LogP contribution in [0, 0.1) is 0 Å². The summed E-state index contributed by atoms with van der Waals surface area (Å²) < 4.78 is 30.9. The molecule has 2 aromatic carbocycles. The average molecular weight is 446 g/mol. The monoisotopic (exact) mass is 445 g/mol. The Balaban J connectivity index is 1.60. The van der Waals surface area contributed by atoms with Crippen molar-refractivity contribution in [3.05, 3.63) is 58.6 Å². The number of benzene rings is 2. The minimum Gasteiger partial charge on any atom is -0.306 e. The molecular formula is C17H17Cl2N3O3S2. The van der Waals surface area contributed by atoms with Gasteiger partial charge in [0.25, 0.3) is 0 Å². The van der Waals surface area contributed by atoms with Crippen LogP contribution in [0.2, 0.25) is 10.0 Å². The molecule has 0 bridgehead atoms. The van der Waals surface area contributed by atoms with Gasteiger partial charge in [0.15, 0.2) is 0 Å². The number of carbonyl (C=O) groups excluding carboxylic acids is 1. The van der Waals surface area contributed by atoms with Crippen LogP contribution in [0.3, 0.4) is 0 Å². The zero-order valence-electron chi connectivity index (χ0n) is 14.1. The highest BCUT2D eigenvalue weighted by atomic mass is 35.5. The minimum atomic E-state index is -3.56. The van der Waals surface area contributed by atoms with Gasteiger partial charge in [-0.1, -0.05) is 33.9 Å². The molecule has 1 N–H and O–H groups in total. The van der Waals surface area contributed by atoms with Gasteiger partial charge >= 0.3 is 6.03 Å². The fraction of sp³-hybridized carbons (Fsp3) is 0.235. The van der Waals surface area contributed by atoms with Gasteiger partial charge in [0.1, 0.15) is 0 Å². The van der Waals surface area contributed by atoms with Crippen LogP contribution in [0.1, 0.15) is 0 Å². The molecule has 2 amide bonds. The number of hydrogen-bond acceptors (Lipinski definition) is 3. The summed E-state index contributed by atoms with van der Waals surface area (Å²) in [6.45, 7) is 0.650. The van der Waals surface area contributed by atoms with Crippen molar-refractivity contribution in [2.75, 3.05) is 29.9 Å². The number of halogens is 2. The fourth-order valence-corrected chi connectivity index (χ4v) is 5.97. The summed E-state index contributed by atoms with van der Waals surface area (Å²) in [6.07, 6.45) is 0. The van der Waals surface area contributed by atoms with Gasteiger partial charge in [-0.25, -0.2) is 13.2 Å². The Morgan fingerprint density at radius 3 is 2.04 bits per heavy atom. The number of anilines is 1. The largest absolute Gasteiger partial charge is 0.351 e. The third-order valence-corrected chi connectivity index (χ3v) is 8.06. The van der Waals surface area contributed by atoms with E-state index >= 15 is 0 Å².